The highest BCUT2D eigenvalue weighted by molar-refractivity contribution is 7.89. The molecule has 5 aromatic rings. The van der Waals surface area contributed by atoms with Crippen molar-refractivity contribution >= 4 is 31.6 Å². The van der Waals surface area contributed by atoms with Crippen LogP contribution in [0.1, 0.15) is 23.2 Å². The van der Waals surface area contributed by atoms with Gasteiger partial charge in [-0.2, -0.15) is 4.48 Å². The van der Waals surface area contributed by atoms with Gasteiger partial charge in [-0.3, -0.25) is 0 Å². The van der Waals surface area contributed by atoms with Crippen LogP contribution in [-0.2, 0) is 29.5 Å². The fraction of sp³-hybridized carbons (Fsp3) is 0.172. The van der Waals surface area contributed by atoms with Gasteiger partial charge >= 0.3 is 6.29 Å². The van der Waals surface area contributed by atoms with E-state index in [1.54, 1.807) is 12.1 Å². The average Bonchev–Trinajstić information content (AvgIpc) is 3.39. The molecule has 7 rings (SSSR count). The van der Waals surface area contributed by atoms with Crippen molar-refractivity contribution in [1.29, 1.82) is 0 Å². The summed E-state index contributed by atoms with van der Waals surface area (Å²) in [7, 11) is -3.69. The largest absolute Gasteiger partial charge is 0.484 e. The Bertz CT molecular complexity index is 1690. The summed E-state index contributed by atoms with van der Waals surface area (Å²) in [5.41, 5.74) is 3.85. The first-order chi connectivity index (χ1) is 17.4. The van der Waals surface area contributed by atoms with Crippen molar-refractivity contribution in [2.75, 3.05) is 6.54 Å². The molecule has 2 N–H and O–H groups in total. The number of nitrogens with zero attached hydrogens (tertiary/aromatic N) is 3. The average molecular weight is 496 g/mol. The number of primary sulfonamides is 1. The SMILES string of the molecule is NS(=O)(=O)c1ccc(CC[N+]23Cc4c5ccccc5cc[n+]4C2[n+]2ccc4ccccc4c2C3)cc1. The minimum Gasteiger partial charge on any atom is -0.225 e. The predicted octanol–water partition coefficient (Wildman–Crippen LogP) is 3.31. The highest BCUT2D eigenvalue weighted by atomic mass is 32.2. The van der Waals surface area contributed by atoms with Gasteiger partial charge in [-0.25, -0.2) is 13.6 Å². The van der Waals surface area contributed by atoms with Gasteiger partial charge in [0, 0.05) is 18.6 Å². The van der Waals surface area contributed by atoms with Crippen LogP contribution in [0.3, 0.4) is 0 Å². The van der Waals surface area contributed by atoms with Crippen LogP contribution < -0.4 is 14.3 Å². The van der Waals surface area contributed by atoms with E-state index < -0.39 is 10.0 Å². The van der Waals surface area contributed by atoms with E-state index in [0.717, 1.165) is 36.1 Å². The number of hydrogen-bond acceptors (Lipinski definition) is 2. The van der Waals surface area contributed by atoms with E-state index in [0.29, 0.717) is 0 Å². The fourth-order valence-electron chi connectivity index (χ4n) is 6.30. The second-order valence-corrected chi connectivity index (χ2v) is 11.6. The van der Waals surface area contributed by atoms with Crippen LogP contribution in [0.2, 0.25) is 0 Å². The van der Waals surface area contributed by atoms with Crippen LogP contribution in [0.5, 0.6) is 0 Å². The van der Waals surface area contributed by atoms with Gasteiger partial charge in [0.1, 0.15) is 0 Å². The maximum Gasteiger partial charge on any atom is 0.484 e. The lowest BCUT2D eigenvalue weighted by molar-refractivity contribution is -1.16. The van der Waals surface area contributed by atoms with Gasteiger partial charge in [-0.15, -0.1) is 0 Å². The Labute approximate surface area is 210 Å². The summed E-state index contributed by atoms with van der Waals surface area (Å²) in [5.74, 6) is 0. The monoisotopic (exact) mass is 495 g/mol. The van der Waals surface area contributed by atoms with Gasteiger partial charge in [0.05, 0.1) is 22.2 Å². The number of rotatable bonds is 4. The number of hydrogen-bond donors (Lipinski definition) is 1. The highest BCUT2D eigenvalue weighted by Gasteiger charge is 2.65. The zero-order chi connectivity index (χ0) is 24.5. The molecule has 0 saturated carbocycles. The zero-order valence-corrected chi connectivity index (χ0v) is 20.6. The number of fused-ring (bicyclic) bond motifs is 9. The molecule has 36 heavy (non-hydrogen) atoms. The number of sulfonamides is 1. The van der Waals surface area contributed by atoms with Crippen molar-refractivity contribution in [2.45, 2.75) is 30.7 Å². The lowest BCUT2D eigenvalue weighted by atomic mass is 10.1. The minimum atomic E-state index is -3.69. The van der Waals surface area contributed by atoms with E-state index in [1.165, 1.54) is 32.9 Å². The van der Waals surface area contributed by atoms with Gasteiger partial charge < -0.3 is 0 Å². The van der Waals surface area contributed by atoms with Crippen LogP contribution in [0.4, 0.5) is 0 Å². The molecule has 0 aliphatic carbocycles. The topological polar surface area (TPSA) is 67.9 Å². The van der Waals surface area contributed by atoms with Gasteiger partial charge in [-0.1, -0.05) is 57.7 Å². The van der Waals surface area contributed by atoms with Gasteiger partial charge in [-0.05, 0) is 40.6 Å². The van der Waals surface area contributed by atoms with E-state index in [4.69, 9.17) is 5.14 Å². The molecule has 2 aromatic heterocycles. The molecular weight excluding hydrogens is 468 g/mol. The van der Waals surface area contributed by atoms with Crippen LogP contribution in [0.15, 0.2) is 102 Å². The van der Waals surface area contributed by atoms with E-state index in [1.807, 2.05) is 12.1 Å². The van der Waals surface area contributed by atoms with Crippen molar-refractivity contribution in [3.05, 3.63) is 114 Å². The molecule has 178 valence electrons. The fourth-order valence-corrected chi connectivity index (χ4v) is 6.82. The molecule has 0 bridgehead atoms. The summed E-state index contributed by atoms with van der Waals surface area (Å²) in [5, 5.41) is 10.5. The maximum absolute atomic E-state index is 11.7. The summed E-state index contributed by atoms with van der Waals surface area (Å²) < 4.78 is 29.2. The first-order valence-electron chi connectivity index (χ1n) is 12.2. The second-order valence-electron chi connectivity index (χ2n) is 10.1. The Kier molecular flexibility index (Phi) is 4.61. The quantitative estimate of drug-likeness (QED) is 0.307. The molecule has 0 fully saturated rings. The number of benzene rings is 3. The summed E-state index contributed by atoms with van der Waals surface area (Å²) in [4.78, 5) is 0.155. The van der Waals surface area contributed by atoms with E-state index >= 15 is 0 Å². The lowest BCUT2D eigenvalue weighted by Gasteiger charge is -2.24. The lowest BCUT2D eigenvalue weighted by Crippen LogP contribution is -2.62. The Morgan fingerprint density at radius 2 is 1.28 bits per heavy atom. The third kappa shape index (κ3) is 3.20. The molecule has 0 radical (unpaired) electrons. The first-order valence-corrected chi connectivity index (χ1v) is 13.8. The smallest absolute Gasteiger partial charge is 0.225 e. The predicted molar refractivity (Wildman–Crippen MR) is 137 cm³/mol. The molecule has 6 nitrogen and oxygen atoms in total. The molecule has 4 heterocycles. The van der Waals surface area contributed by atoms with Crippen LogP contribution in [-0.4, -0.2) is 19.4 Å². The molecule has 0 saturated heterocycles. The number of nitrogens with two attached hydrogens (primary N) is 1. The summed E-state index contributed by atoms with van der Waals surface area (Å²) >= 11 is 0. The number of aromatic nitrogens is 2. The molecule has 0 unspecified atom stereocenters. The van der Waals surface area contributed by atoms with Gasteiger partial charge in [0.25, 0.3) is 11.4 Å². The summed E-state index contributed by atoms with van der Waals surface area (Å²) in [6.07, 6.45) is 5.49. The maximum atomic E-state index is 11.7. The number of quaternary nitrogens is 1. The highest BCUT2D eigenvalue weighted by Crippen LogP contribution is 2.38. The summed E-state index contributed by atoms with van der Waals surface area (Å²) in [6, 6.07) is 28.8. The molecule has 0 amide bonds. The molecular formula is C29H27N4O2S+3. The normalized spacial score (nSPS) is 20.4. The Morgan fingerprint density at radius 3 is 1.81 bits per heavy atom. The molecule has 3 aromatic carbocycles. The Balaban J connectivity index is 1.34. The van der Waals surface area contributed by atoms with Crippen LogP contribution >= 0.6 is 0 Å². The zero-order valence-electron chi connectivity index (χ0n) is 19.8. The first kappa shape index (κ1) is 21.6. The Morgan fingerprint density at radius 1 is 0.750 bits per heavy atom. The van der Waals surface area contributed by atoms with Crippen LogP contribution in [0.25, 0.3) is 21.5 Å². The number of pyridine rings is 2. The van der Waals surface area contributed by atoms with Crippen molar-refractivity contribution in [3.63, 3.8) is 0 Å². The Hall–Kier alpha value is -3.65. The van der Waals surface area contributed by atoms with Crippen molar-refractivity contribution in [3.8, 4) is 0 Å². The van der Waals surface area contributed by atoms with E-state index in [9.17, 15) is 8.42 Å². The standard InChI is InChI=1S/C29H27N4O2S/c30-36(34,35)24-11-9-21(10-12-24)15-18-33-19-27-25-7-3-1-5-22(25)13-16-31(27)29(33)32-17-14-23-6-2-4-8-26(23)28(32)20-33/h1-14,16-17,29H,15,18-20H2,(H2,30,34,35)/q+3. The van der Waals surface area contributed by atoms with Gasteiger partial charge in [0.15, 0.2) is 25.5 Å². The minimum absolute atomic E-state index is 0.146. The molecule has 2 aliphatic heterocycles. The molecule has 7 heteroatoms. The third-order valence-corrected chi connectivity index (χ3v) is 8.94. The van der Waals surface area contributed by atoms with E-state index in [-0.39, 0.29) is 11.2 Å². The van der Waals surface area contributed by atoms with E-state index in [2.05, 4.69) is 82.2 Å². The van der Waals surface area contributed by atoms with Gasteiger partial charge in [0.2, 0.25) is 10.0 Å². The molecule has 0 atom stereocenters. The second kappa shape index (κ2) is 7.67. The van der Waals surface area contributed by atoms with Crippen molar-refractivity contribution in [1.82, 2.24) is 0 Å². The summed E-state index contributed by atoms with van der Waals surface area (Å²) in [6.45, 7) is 2.82. The van der Waals surface area contributed by atoms with Crippen LogP contribution in [0, 0.1) is 0 Å². The third-order valence-electron chi connectivity index (χ3n) is 8.01. The van der Waals surface area contributed by atoms with Crippen molar-refractivity contribution in [2.24, 2.45) is 5.14 Å². The van der Waals surface area contributed by atoms with Crippen molar-refractivity contribution < 1.29 is 22.0 Å². The molecule has 2 aliphatic rings. The molecule has 0 spiro atoms.